The fourth-order valence-electron chi connectivity index (χ4n) is 2.86. The van der Waals surface area contributed by atoms with E-state index in [9.17, 15) is 9.59 Å². The second-order valence-electron chi connectivity index (χ2n) is 6.34. The Morgan fingerprint density at radius 2 is 2.00 bits per heavy atom. The molecule has 0 saturated carbocycles. The first-order valence-electron chi connectivity index (χ1n) is 8.55. The summed E-state index contributed by atoms with van der Waals surface area (Å²) in [5.74, 6) is -0.124. The van der Waals surface area contributed by atoms with Gasteiger partial charge < -0.3 is 19.9 Å². The molecule has 138 valence electrons. The molecule has 2 amide bonds. The molecule has 2 rings (SSSR count). The van der Waals surface area contributed by atoms with Crippen molar-refractivity contribution in [2.45, 2.75) is 19.8 Å². The Balaban J connectivity index is 1.86. The Morgan fingerprint density at radius 3 is 2.56 bits per heavy atom. The second-order valence-corrected chi connectivity index (χ2v) is 6.75. The molecule has 0 aromatic heterocycles. The quantitative estimate of drug-likeness (QED) is 0.839. The van der Waals surface area contributed by atoms with E-state index in [1.54, 1.807) is 11.0 Å². The van der Waals surface area contributed by atoms with Crippen molar-refractivity contribution in [3.05, 3.63) is 23.2 Å². The Morgan fingerprint density at radius 1 is 1.32 bits per heavy atom. The summed E-state index contributed by atoms with van der Waals surface area (Å²) in [6.07, 6.45) is 1.32. The maximum Gasteiger partial charge on any atom is 0.248 e. The van der Waals surface area contributed by atoms with Crippen LogP contribution in [0.2, 0.25) is 5.02 Å². The monoisotopic (exact) mass is 367 g/mol. The smallest absolute Gasteiger partial charge is 0.248 e. The summed E-state index contributed by atoms with van der Waals surface area (Å²) in [4.78, 5) is 28.1. The van der Waals surface area contributed by atoms with E-state index in [1.165, 1.54) is 0 Å². The average molecular weight is 368 g/mol. The van der Waals surface area contributed by atoms with Crippen molar-refractivity contribution >= 4 is 34.8 Å². The Kier molecular flexibility index (Phi) is 7.08. The van der Waals surface area contributed by atoms with E-state index in [4.69, 9.17) is 16.3 Å². The molecule has 1 aliphatic rings. The third-order valence-corrected chi connectivity index (χ3v) is 4.65. The molecular formula is C18H26ClN3O3. The van der Waals surface area contributed by atoms with Crippen LogP contribution in [0.15, 0.2) is 18.2 Å². The van der Waals surface area contributed by atoms with Gasteiger partial charge in [0.25, 0.3) is 0 Å². The lowest BCUT2D eigenvalue weighted by Crippen LogP contribution is -2.42. The maximum atomic E-state index is 12.5. The van der Waals surface area contributed by atoms with Gasteiger partial charge in [-0.15, -0.1) is 0 Å². The van der Waals surface area contributed by atoms with Gasteiger partial charge in [0, 0.05) is 45.4 Å². The van der Waals surface area contributed by atoms with Crippen LogP contribution in [0.25, 0.3) is 0 Å². The number of nitrogens with one attached hydrogen (secondary N) is 1. The number of ether oxygens (including phenoxy) is 1. The standard InChI is InChI=1S/C18H26ClN3O3/c1-4-25-12-17(23)22-9-7-13(8-10-22)18(24)20-14-5-6-16(21(2)3)15(19)11-14/h5-6,11,13H,4,7-10,12H2,1-3H3,(H,20,24). The van der Waals surface area contributed by atoms with Crippen molar-refractivity contribution < 1.29 is 14.3 Å². The Hall–Kier alpha value is -1.79. The summed E-state index contributed by atoms with van der Waals surface area (Å²) in [5.41, 5.74) is 1.59. The minimum atomic E-state index is -0.0940. The van der Waals surface area contributed by atoms with Crippen LogP contribution in [-0.4, -0.2) is 57.1 Å². The van der Waals surface area contributed by atoms with Crippen molar-refractivity contribution in [1.29, 1.82) is 0 Å². The topological polar surface area (TPSA) is 61.9 Å². The molecule has 0 bridgehead atoms. The van der Waals surface area contributed by atoms with E-state index >= 15 is 0 Å². The summed E-state index contributed by atoms with van der Waals surface area (Å²) in [5, 5.41) is 3.52. The predicted octanol–water partition coefficient (Wildman–Crippen LogP) is 2.62. The molecule has 1 aliphatic heterocycles. The Bertz CT molecular complexity index is 614. The number of hydrogen-bond acceptors (Lipinski definition) is 4. The third-order valence-electron chi connectivity index (χ3n) is 4.35. The summed E-state index contributed by atoms with van der Waals surface area (Å²) in [6, 6.07) is 5.49. The summed E-state index contributed by atoms with van der Waals surface area (Å²) < 4.78 is 5.15. The van der Waals surface area contributed by atoms with Crippen molar-refractivity contribution in [3.63, 3.8) is 0 Å². The highest BCUT2D eigenvalue weighted by Crippen LogP contribution is 2.28. The van der Waals surface area contributed by atoms with E-state index in [0.29, 0.717) is 43.2 Å². The third kappa shape index (κ3) is 5.34. The molecule has 6 nitrogen and oxygen atoms in total. The lowest BCUT2D eigenvalue weighted by Gasteiger charge is -2.31. The molecule has 1 aromatic rings. The number of hydrogen-bond donors (Lipinski definition) is 1. The zero-order valence-electron chi connectivity index (χ0n) is 15.0. The number of halogens is 1. The van der Waals surface area contributed by atoms with E-state index in [-0.39, 0.29) is 24.3 Å². The minimum Gasteiger partial charge on any atom is -0.376 e. The van der Waals surface area contributed by atoms with Crippen LogP contribution in [0, 0.1) is 5.92 Å². The van der Waals surface area contributed by atoms with Gasteiger partial charge in [-0.2, -0.15) is 0 Å². The molecular weight excluding hydrogens is 342 g/mol. The van der Waals surface area contributed by atoms with Gasteiger partial charge in [0.1, 0.15) is 6.61 Å². The molecule has 7 heteroatoms. The maximum absolute atomic E-state index is 12.5. The normalized spacial score (nSPS) is 15.1. The van der Waals surface area contributed by atoms with Gasteiger partial charge in [0.05, 0.1) is 10.7 Å². The number of benzene rings is 1. The minimum absolute atomic E-state index is 0.00763. The summed E-state index contributed by atoms with van der Waals surface area (Å²) >= 11 is 6.24. The number of nitrogens with zero attached hydrogens (tertiary/aromatic N) is 2. The largest absolute Gasteiger partial charge is 0.376 e. The first kappa shape index (κ1) is 19.5. The molecule has 0 aliphatic carbocycles. The van der Waals surface area contributed by atoms with Gasteiger partial charge in [-0.25, -0.2) is 0 Å². The van der Waals surface area contributed by atoms with Gasteiger partial charge in [0.15, 0.2) is 0 Å². The fourth-order valence-corrected chi connectivity index (χ4v) is 3.21. The van der Waals surface area contributed by atoms with Gasteiger partial charge in [-0.05, 0) is 38.0 Å². The summed E-state index contributed by atoms with van der Waals surface area (Å²) in [7, 11) is 3.83. The number of anilines is 2. The first-order valence-corrected chi connectivity index (χ1v) is 8.93. The molecule has 0 spiro atoms. The van der Waals surface area contributed by atoms with Gasteiger partial charge in [0.2, 0.25) is 11.8 Å². The van der Waals surface area contributed by atoms with E-state index < -0.39 is 0 Å². The van der Waals surface area contributed by atoms with Crippen molar-refractivity contribution in [2.75, 3.05) is 50.6 Å². The molecule has 0 unspecified atom stereocenters. The van der Waals surface area contributed by atoms with Crippen LogP contribution in [0.1, 0.15) is 19.8 Å². The highest BCUT2D eigenvalue weighted by atomic mass is 35.5. The van der Waals surface area contributed by atoms with Crippen LogP contribution in [-0.2, 0) is 14.3 Å². The van der Waals surface area contributed by atoms with Gasteiger partial charge in [-0.3, -0.25) is 9.59 Å². The first-order chi connectivity index (χ1) is 11.9. The van der Waals surface area contributed by atoms with Crippen LogP contribution in [0.5, 0.6) is 0 Å². The molecule has 1 N–H and O–H groups in total. The number of rotatable bonds is 6. The lowest BCUT2D eigenvalue weighted by atomic mass is 9.95. The second kappa shape index (κ2) is 9.06. The van der Waals surface area contributed by atoms with Crippen LogP contribution in [0.4, 0.5) is 11.4 Å². The molecule has 25 heavy (non-hydrogen) atoms. The molecule has 1 heterocycles. The molecule has 1 aromatic carbocycles. The SMILES string of the molecule is CCOCC(=O)N1CCC(C(=O)Nc2ccc(N(C)C)c(Cl)c2)CC1. The highest BCUT2D eigenvalue weighted by molar-refractivity contribution is 6.33. The zero-order chi connectivity index (χ0) is 18.4. The highest BCUT2D eigenvalue weighted by Gasteiger charge is 2.27. The summed E-state index contributed by atoms with van der Waals surface area (Å²) in [6.45, 7) is 3.68. The van der Waals surface area contributed by atoms with E-state index in [0.717, 1.165) is 5.69 Å². The van der Waals surface area contributed by atoms with Crippen LogP contribution < -0.4 is 10.2 Å². The lowest BCUT2D eigenvalue weighted by molar-refractivity contribution is -0.138. The zero-order valence-corrected chi connectivity index (χ0v) is 15.8. The molecule has 1 fully saturated rings. The van der Waals surface area contributed by atoms with Crippen LogP contribution >= 0.6 is 11.6 Å². The predicted molar refractivity (Wildman–Crippen MR) is 100 cm³/mol. The van der Waals surface area contributed by atoms with Gasteiger partial charge >= 0.3 is 0 Å². The number of amides is 2. The van der Waals surface area contributed by atoms with E-state index in [1.807, 2.05) is 38.1 Å². The fraction of sp³-hybridized carbons (Fsp3) is 0.556. The molecule has 0 radical (unpaired) electrons. The van der Waals surface area contributed by atoms with Crippen LogP contribution in [0.3, 0.4) is 0 Å². The average Bonchev–Trinajstić information content (AvgIpc) is 2.59. The number of piperidine rings is 1. The van der Waals surface area contributed by atoms with Gasteiger partial charge in [-0.1, -0.05) is 11.6 Å². The number of carbonyl (C=O) groups excluding carboxylic acids is 2. The molecule has 0 atom stereocenters. The van der Waals surface area contributed by atoms with Crippen molar-refractivity contribution in [3.8, 4) is 0 Å². The van der Waals surface area contributed by atoms with Crippen molar-refractivity contribution in [1.82, 2.24) is 4.90 Å². The van der Waals surface area contributed by atoms with E-state index in [2.05, 4.69) is 5.32 Å². The molecule has 1 saturated heterocycles. The number of likely N-dealkylation sites (tertiary alicyclic amines) is 1. The van der Waals surface area contributed by atoms with Crippen molar-refractivity contribution in [2.24, 2.45) is 5.92 Å². The number of carbonyl (C=O) groups is 2. The Labute approximate surface area is 154 Å².